The zero-order valence-electron chi connectivity index (χ0n) is 21.4. The molecule has 0 fully saturated rings. The summed E-state index contributed by atoms with van der Waals surface area (Å²) in [5.41, 5.74) is 0. The lowest BCUT2D eigenvalue weighted by Crippen LogP contribution is -2.53. The summed E-state index contributed by atoms with van der Waals surface area (Å²) < 4.78 is 11.3. The molecule has 2 atom stereocenters. The minimum absolute atomic E-state index is 0.208. The molecule has 2 aliphatic rings. The normalized spacial score (nSPS) is 19.8. The molecule has 0 saturated carbocycles. The van der Waals surface area contributed by atoms with Crippen molar-refractivity contribution in [2.24, 2.45) is 20.0 Å². The lowest BCUT2D eigenvalue weighted by Gasteiger charge is -2.36. The number of aliphatic imine (C=N–C) groups is 4. The van der Waals surface area contributed by atoms with E-state index in [2.05, 4.69) is 10.3 Å². The summed E-state index contributed by atoms with van der Waals surface area (Å²) in [6.45, 7) is 2.55. The molecule has 0 bridgehead atoms. The molecule has 2 aromatic heterocycles. The number of rotatable bonds is 5. The molecule has 12 heteroatoms. The second kappa shape index (κ2) is 10.1. The average molecular weight is 483 g/mol. The molecular formula is C23H34N10O2. The molecule has 2 aliphatic heterocycles. The second-order valence-corrected chi connectivity index (χ2v) is 8.75. The second-order valence-electron chi connectivity index (χ2n) is 8.75. The Morgan fingerprint density at radius 2 is 1.49 bits per heavy atom. The fourth-order valence-corrected chi connectivity index (χ4v) is 3.84. The summed E-state index contributed by atoms with van der Waals surface area (Å²) in [4.78, 5) is 29.0. The molecule has 0 amide bonds. The summed E-state index contributed by atoms with van der Waals surface area (Å²) in [6.07, 6.45) is 3.41. The van der Waals surface area contributed by atoms with E-state index in [0.29, 0.717) is 30.7 Å². The van der Waals surface area contributed by atoms with Crippen LogP contribution in [0.5, 0.6) is 0 Å². The third kappa shape index (κ3) is 5.26. The maximum Gasteiger partial charge on any atom is 0.212 e. The van der Waals surface area contributed by atoms with E-state index in [9.17, 15) is 0 Å². The first kappa shape index (κ1) is 24.2. The van der Waals surface area contributed by atoms with Gasteiger partial charge in [-0.05, 0) is 19.1 Å². The Hall–Kier alpha value is -3.96. The minimum atomic E-state index is -0.313. The molecule has 0 aliphatic carbocycles. The highest BCUT2D eigenvalue weighted by molar-refractivity contribution is 6.07. The standard InChI is InChI=1S/C23H34N10O2/c1-16-24-22(30(4)5)32(7)23(25-16)33(19-11-9-15-35-19)13-12-17-26-20(29(2)3)28-21(27-17)31(6)18-10-8-14-34-18/h8-11,14-17H,12-13H2,1-7H3,(H,26,27,28). The first-order chi connectivity index (χ1) is 16.7. The molecule has 0 saturated heterocycles. The van der Waals surface area contributed by atoms with Gasteiger partial charge in [-0.15, -0.1) is 0 Å². The highest BCUT2D eigenvalue weighted by atomic mass is 16.3. The molecule has 1 N–H and O–H groups in total. The Labute approximate surface area is 205 Å². The van der Waals surface area contributed by atoms with E-state index >= 15 is 0 Å². The largest absolute Gasteiger partial charge is 0.448 e. The predicted octanol–water partition coefficient (Wildman–Crippen LogP) is 1.97. The predicted molar refractivity (Wildman–Crippen MR) is 139 cm³/mol. The van der Waals surface area contributed by atoms with E-state index in [1.165, 1.54) is 0 Å². The maximum absolute atomic E-state index is 5.79. The van der Waals surface area contributed by atoms with Crippen molar-refractivity contribution in [3.05, 3.63) is 36.8 Å². The SMILES string of the molecule is CC1N=C(N(C)C)N(C)C(N(CCC2N=C(N(C)C)NC(N(C)c3ccco3)=N2)c2ccco2)=N1. The third-order valence-corrected chi connectivity index (χ3v) is 5.57. The van der Waals surface area contributed by atoms with Gasteiger partial charge in [0.15, 0.2) is 0 Å². The number of hydrogen-bond acceptors (Lipinski definition) is 12. The summed E-state index contributed by atoms with van der Waals surface area (Å²) in [5, 5.41) is 3.29. The first-order valence-electron chi connectivity index (χ1n) is 11.5. The van der Waals surface area contributed by atoms with Crippen LogP contribution in [0.25, 0.3) is 0 Å². The molecule has 4 rings (SSSR count). The van der Waals surface area contributed by atoms with Crippen LogP contribution in [0.15, 0.2) is 65.6 Å². The minimum Gasteiger partial charge on any atom is -0.448 e. The smallest absolute Gasteiger partial charge is 0.212 e. The Balaban J connectivity index is 1.59. The van der Waals surface area contributed by atoms with Gasteiger partial charge in [0.05, 0.1) is 12.5 Å². The Morgan fingerprint density at radius 1 is 0.857 bits per heavy atom. The number of furan rings is 2. The van der Waals surface area contributed by atoms with E-state index in [0.717, 1.165) is 17.9 Å². The first-order valence-corrected chi connectivity index (χ1v) is 11.5. The molecule has 2 aromatic rings. The van der Waals surface area contributed by atoms with Gasteiger partial charge < -0.3 is 18.6 Å². The van der Waals surface area contributed by atoms with Crippen LogP contribution in [0.1, 0.15) is 13.3 Å². The van der Waals surface area contributed by atoms with Crippen molar-refractivity contribution in [2.45, 2.75) is 25.7 Å². The van der Waals surface area contributed by atoms with Gasteiger partial charge in [-0.2, -0.15) is 0 Å². The van der Waals surface area contributed by atoms with Crippen LogP contribution in [-0.2, 0) is 0 Å². The summed E-state index contributed by atoms with van der Waals surface area (Å²) in [7, 11) is 11.7. The molecule has 4 heterocycles. The molecule has 12 nitrogen and oxygen atoms in total. The Morgan fingerprint density at radius 3 is 2.09 bits per heavy atom. The van der Waals surface area contributed by atoms with Crippen molar-refractivity contribution in [1.29, 1.82) is 0 Å². The van der Waals surface area contributed by atoms with Gasteiger partial charge >= 0.3 is 0 Å². The fourth-order valence-electron chi connectivity index (χ4n) is 3.84. The van der Waals surface area contributed by atoms with E-state index in [1.54, 1.807) is 12.5 Å². The molecule has 188 valence electrons. The van der Waals surface area contributed by atoms with Gasteiger partial charge in [0, 0.05) is 67.4 Å². The average Bonchev–Trinajstić information content (AvgIpc) is 3.55. The molecule has 2 unspecified atom stereocenters. The summed E-state index contributed by atoms with van der Waals surface area (Å²) in [5.74, 6) is 4.37. The number of guanidine groups is 4. The van der Waals surface area contributed by atoms with E-state index in [4.69, 9.17) is 23.8 Å². The van der Waals surface area contributed by atoms with Crippen LogP contribution in [-0.4, -0.2) is 99.7 Å². The Bertz CT molecular complexity index is 1100. The number of anilines is 2. The van der Waals surface area contributed by atoms with Crippen molar-refractivity contribution in [1.82, 2.24) is 20.0 Å². The van der Waals surface area contributed by atoms with Crippen LogP contribution in [0.4, 0.5) is 11.8 Å². The van der Waals surface area contributed by atoms with Crippen molar-refractivity contribution in [3.8, 4) is 0 Å². The Kier molecular flexibility index (Phi) is 6.99. The monoisotopic (exact) mass is 482 g/mol. The van der Waals surface area contributed by atoms with Crippen molar-refractivity contribution < 1.29 is 8.83 Å². The topological polar surface area (TPSA) is 104 Å². The zero-order valence-corrected chi connectivity index (χ0v) is 21.4. The van der Waals surface area contributed by atoms with Crippen LogP contribution in [0.2, 0.25) is 0 Å². The molecule has 0 aromatic carbocycles. The molecular weight excluding hydrogens is 448 g/mol. The van der Waals surface area contributed by atoms with Crippen LogP contribution in [0.3, 0.4) is 0 Å². The summed E-state index contributed by atoms with van der Waals surface area (Å²) in [6, 6.07) is 7.54. The van der Waals surface area contributed by atoms with Gasteiger partial charge in [0.25, 0.3) is 0 Å². The quantitative estimate of drug-likeness (QED) is 0.690. The van der Waals surface area contributed by atoms with Crippen molar-refractivity contribution in [3.63, 3.8) is 0 Å². The van der Waals surface area contributed by atoms with Crippen LogP contribution in [0, 0.1) is 0 Å². The molecule has 0 radical (unpaired) electrons. The van der Waals surface area contributed by atoms with E-state index in [-0.39, 0.29) is 12.3 Å². The van der Waals surface area contributed by atoms with E-state index < -0.39 is 0 Å². The van der Waals surface area contributed by atoms with Gasteiger partial charge in [-0.1, -0.05) is 0 Å². The highest BCUT2D eigenvalue weighted by Gasteiger charge is 2.30. The third-order valence-electron chi connectivity index (χ3n) is 5.57. The van der Waals surface area contributed by atoms with Gasteiger partial charge in [-0.25, -0.2) is 20.0 Å². The van der Waals surface area contributed by atoms with Crippen LogP contribution >= 0.6 is 0 Å². The number of hydrogen-bond donors (Lipinski definition) is 1. The van der Waals surface area contributed by atoms with Gasteiger partial charge in [0.2, 0.25) is 35.6 Å². The van der Waals surface area contributed by atoms with Crippen molar-refractivity contribution >= 4 is 35.6 Å². The van der Waals surface area contributed by atoms with Crippen LogP contribution < -0.4 is 15.1 Å². The number of nitrogens with zero attached hydrogens (tertiary/aromatic N) is 9. The maximum atomic E-state index is 5.79. The molecule has 0 spiro atoms. The summed E-state index contributed by atoms with van der Waals surface area (Å²) >= 11 is 0. The lowest BCUT2D eigenvalue weighted by atomic mass is 10.3. The lowest BCUT2D eigenvalue weighted by molar-refractivity contribution is 0.486. The molecule has 35 heavy (non-hydrogen) atoms. The highest BCUT2D eigenvalue weighted by Crippen LogP contribution is 2.22. The zero-order chi connectivity index (χ0) is 25.1. The number of nitrogens with one attached hydrogen (secondary N) is 1. The fraction of sp³-hybridized carbons (Fsp3) is 0.478. The van der Waals surface area contributed by atoms with Crippen molar-refractivity contribution in [2.75, 3.05) is 58.6 Å². The van der Waals surface area contributed by atoms with Gasteiger partial charge in [0.1, 0.15) is 12.3 Å². The van der Waals surface area contributed by atoms with E-state index in [1.807, 2.05) is 98.0 Å². The van der Waals surface area contributed by atoms with Gasteiger partial charge in [-0.3, -0.25) is 20.0 Å².